The van der Waals surface area contributed by atoms with E-state index in [4.69, 9.17) is 5.73 Å². The van der Waals surface area contributed by atoms with Crippen molar-refractivity contribution in [1.82, 2.24) is 4.72 Å². The van der Waals surface area contributed by atoms with E-state index in [0.717, 1.165) is 12.8 Å². The summed E-state index contributed by atoms with van der Waals surface area (Å²) in [6.45, 7) is 0.283. The molecule has 17 heavy (non-hydrogen) atoms. The van der Waals surface area contributed by atoms with Gasteiger partial charge in [0, 0.05) is 19.0 Å². The van der Waals surface area contributed by atoms with Gasteiger partial charge in [-0.05, 0) is 25.2 Å². The zero-order chi connectivity index (χ0) is 12.9. The molecule has 6 nitrogen and oxygen atoms in total. The van der Waals surface area contributed by atoms with E-state index in [1.54, 1.807) is 0 Å². The predicted molar refractivity (Wildman–Crippen MR) is 63.7 cm³/mol. The number of nitrogens with two attached hydrogens (primary N) is 1. The first-order valence-electron chi connectivity index (χ1n) is 5.74. The molecule has 0 aliphatic heterocycles. The fraction of sp³-hybridized carbons (Fsp3) is 0.900. The summed E-state index contributed by atoms with van der Waals surface area (Å²) in [6, 6.07) is -0.0922. The van der Waals surface area contributed by atoms with Crippen molar-refractivity contribution in [2.75, 3.05) is 19.4 Å². The maximum Gasteiger partial charge on any atom is 0.305 e. The fourth-order valence-electron chi connectivity index (χ4n) is 1.49. The molecule has 1 rings (SSSR count). The van der Waals surface area contributed by atoms with Crippen LogP contribution >= 0.6 is 0 Å². The molecule has 1 aliphatic rings. The van der Waals surface area contributed by atoms with Gasteiger partial charge in [-0.3, -0.25) is 4.79 Å². The zero-order valence-corrected chi connectivity index (χ0v) is 10.8. The number of sulfonamides is 1. The summed E-state index contributed by atoms with van der Waals surface area (Å²) in [6.07, 6.45) is 2.56. The first-order chi connectivity index (χ1) is 7.94. The van der Waals surface area contributed by atoms with Crippen molar-refractivity contribution in [3.63, 3.8) is 0 Å². The number of carbonyl (C=O) groups is 1. The van der Waals surface area contributed by atoms with Crippen LogP contribution in [0.2, 0.25) is 0 Å². The Labute approximate surface area is 102 Å². The van der Waals surface area contributed by atoms with E-state index in [-0.39, 0.29) is 31.2 Å². The lowest BCUT2D eigenvalue weighted by atomic mass is 10.2. The van der Waals surface area contributed by atoms with Gasteiger partial charge in [-0.15, -0.1) is 0 Å². The Bertz CT molecular complexity index is 351. The highest BCUT2D eigenvalue weighted by atomic mass is 32.2. The third kappa shape index (κ3) is 5.99. The predicted octanol–water partition coefficient (Wildman–Crippen LogP) is -0.404. The largest absolute Gasteiger partial charge is 0.469 e. The van der Waals surface area contributed by atoms with E-state index in [0.29, 0.717) is 5.92 Å². The van der Waals surface area contributed by atoms with Crippen LogP contribution < -0.4 is 10.5 Å². The number of methoxy groups -OCH3 is 1. The second-order valence-electron chi connectivity index (χ2n) is 4.35. The van der Waals surface area contributed by atoms with E-state index in [9.17, 15) is 13.2 Å². The van der Waals surface area contributed by atoms with Gasteiger partial charge in [-0.25, -0.2) is 13.1 Å². The van der Waals surface area contributed by atoms with Crippen LogP contribution in [-0.2, 0) is 19.6 Å². The van der Waals surface area contributed by atoms with Crippen molar-refractivity contribution in [3.05, 3.63) is 0 Å². The molecule has 0 aromatic rings. The highest BCUT2D eigenvalue weighted by molar-refractivity contribution is 7.89. The summed E-state index contributed by atoms with van der Waals surface area (Å²) >= 11 is 0. The SMILES string of the molecule is COC(=O)CCCS(=O)(=O)NCC(N)C1CC1. The van der Waals surface area contributed by atoms with Gasteiger partial charge >= 0.3 is 5.97 Å². The Hall–Kier alpha value is -0.660. The Balaban J connectivity index is 2.18. The zero-order valence-electron chi connectivity index (χ0n) is 10.0. The van der Waals surface area contributed by atoms with Gasteiger partial charge in [-0.2, -0.15) is 0 Å². The van der Waals surface area contributed by atoms with Gasteiger partial charge in [0.15, 0.2) is 0 Å². The maximum absolute atomic E-state index is 11.5. The van der Waals surface area contributed by atoms with Crippen molar-refractivity contribution in [2.45, 2.75) is 31.7 Å². The molecule has 0 aromatic carbocycles. The Morgan fingerprint density at radius 1 is 1.53 bits per heavy atom. The lowest BCUT2D eigenvalue weighted by molar-refractivity contribution is -0.140. The van der Waals surface area contributed by atoms with Crippen molar-refractivity contribution in [1.29, 1.82) is 0 Å². The molecule has 1 fully saturated rings. The molecule has 3 N–H and O–H groups in total. The highest BCUT2D eigenvalue weighted by Gasteiger charge is 2.29. The lowest BCUT2D eigenvalue weighted by Crippen LogP contribution is -2.39. The minimum atomic E-state index is -3.32. The van der Waals surface area contributed by atoms with Gasteiger partial charge in [0.1, 0.15) is 0 Å². The van der Waals surface area contributed by atoms with Gasteiger partial charge in [0.2, 0.25) is 10.0 Å². The Kier molecular flexibility index (Phi) is 5.35. The molecule has 1 aliphatic carbocycles. The van der Waals surface area contributed by atoms with E-state index in [1.165, 1.54) is 7.11 Å². The van der Waals surface area contributed by atoms with Crippen LogP contribution in [0.4, 0.5) is 0 Å². The highest BCUT2D eigenvalue weighted by Crippen LogP contribution is 2.31. The molecular formula is C10H20N2O4S. The van der Waals surface area contributed by atoms with E-state index in [1.807, 2.05) is 0 Å². The quantitative estimate of drug-likeness (QED) is 0.581. The first-order valence-corrected chi connectivity index (χ1v) is 7.39. The monoisotopic (exact) mass is 264 g/mol. The summed E-state index contributed by atoms with van der Waals surface area (Å²) in [5, 5.41) is 0. The van der Waals surface area contributed by atoms with Crippen LogP contribution in [0.1, 0.15) is 25.7 Å². The van der Waals surface area contributed by atoms with Crippen LogP contribution in [0.5, 0.6) is 0 Å². The molecule has 0 spiro atoms. The van der Waals surface area contributed by atoms with Crippen LogP contribution in [0, 0.1) is 5.92 Å². The molecular weight excluding hydrogens is 244 g/mol. The molecule has 0 heterocycles. The summed E-state index contributed by atoms with van der Waals surface area (Å²) in [5.41, 5.74) is 5.78. The third-order valence-corrected chi connectivity index (χ3v) is 4.22. The third-order valence-electron chi connectivity index (χ3n) is 2.79. The van der Waals surface area contributed by atoms with E-state index < -0.39 is 16.0 Å². The molecule has 0 saturated heterocycles. The number of hydrogen-bond donors (Lipinski definition) is 2. The molecule has 0 radical (unpaired) electrons. The number of carbonyl (C=O) groups excluding carboxylic acids is 1. The van der Waals surface area contributed by atoms with Crippen molar-refractivity contribution < 1.29 is 17.9 Å². The standard InChI is InChI=1S/C10H20N2O4S/c1-16-10(13)3-2-6-17(14,15)12-7-9(11)8-4-5-8/h8-9,12H,2-7,11H2,1H3. The second kappa shape index (κ2) is 6.32. The molecule has 0 aromatic heterocycles. The minimum Gasteiger partial charge on any atom is -0.469 e. The number of hydrogen-bond acceptors (Lipinski definition) is 5. The number of ether oxygens (including phenoxy) is 1. The van der Waals surface area contributed by atoms with Gasteiger partial charge in [-0.1, -0.05) is 0 Å². The average Bonchev–Trinajstić information content (AvgIpc) is 3.09. The molecule has 1 atom stereocenters. The molecule has 0 amide bonds. The van der Waals surface area contributed by atoms with E-state index >= 15 is 0 Å². The summed E-state index contributed by atoms with van der Waals surface area (Å²) < 4.78 is 30.0. The van der Waals surface area contributed by atoms with Gasteiger partial charge in [0.05, 0.1) is 12.9 Å². The van der Waals surface area contributed by atoms with E-state index in [2.05, 4.69) is 9.46 Å². The summed E-state index contributed by atoms with van der Waals surface area (Å²) in [5.74, 6) is 0.00195. The second-order valence-corrected chi connectivity index (χ2v) is 6.27. The number of rotatable bonds is 8. The van der Waals surface area contributed by atoms with Crippen LogP contribution in [0.3, 0.4) is 0 Å². The molecule has 7 heteroatoms. The van der Waals surface area contributed by atoms with Crippen molar-refractivity contribution >= 4 is 16.0 Å². The fourth-order valence-corrected chi connectivity index (χ4v) is 2.61. The summed E-state index contributed by atoms with van der Waals surface area (Å²) in [4.78, 5) is 10.8. The maximum atomic E-state index is 11.5. The van der Waals surface area contributed by atoms with Crippen LogP contribution in [-0.4, -0.2) is 39.8 Å². The van der Waals surface area contributed by atoms with Crippen molar-refractivity contribution in [2.24, 2.45) is 11.7 Å². The minimum absolute atomic E-state index is 0.0700. The van der Waals surface area contributed by atoms with Gasteiger partial charge in [0.25, 0.3) is 0 Å². The smallest absolute Gasteiger partial charge is 0.305 e. The normalized spacial score (nSPS) is 17.8. The van der Waals surface area contributed by atoms with Crippen molar-refractivity contribution in [3.8, 4) is 0 Å². The summed E-state index contributed by atoms with van der Waals surface area (Å²) in [7, 11) is -2.04. The average molecular weight is 264 g/mol. The van der Waals surface area contributed by atoms with Crippen LogP contribution in [0.25, 0.3) is 0 Å². The first kappa shape index (κ1) is 14.4. The molecule has 100 valence electrons. The van der Waals surface area contributed by atoms with Gasteiger partial charge < -0.3 is 10.5 Å². The number of nitrogens with one attached hydrogen (secondary N) is 1. The van der Waals surface area contributed by atoms with Crippen LogP contribution in [0.15, 0.2) is 0 Å². The number of esters is 1. The molecule has 1 unspecified atom stereocenters. The topological polar surface area (TPSA) is 98.5 Å². The Morgan fingerprint density at radius 2 is 2.18 bits per heavy atom. The molecule has 1 saturated carbocycles. The Morgan fingerprint density at radius 3 is 2.71 bits per heavy atom. The lowest BCUT2D eigenvalue weighted by Gasteiger charge is -2.11. The molecule has 0 bridgehead atoms.